The Labute approximate surface area is 88.8 Å². The Bertz CT molecular complexity index is 137. The van der Waals surface area contributed by atoms with Gasteiger partial charge >= 0.3 is 0 Å². The molecule has 0 aromatic rings. The molecule has 0 amide bonds. The Hall–Kier alpha value is -0.0800. The minimum absolute atomic E-state index is 0.594. The predicted molar refractivity (Wildman–Crippen MR) is 62.3 cm³/mol. The van der Waals surface area contributed by atoms with Gasteiger partial charge in [0.25, 0.3) is 0 Å². The van der Waals surface area contributed by atoms with Crippen LogP contribution in [0.2, 0.25) is 0 Å². The highest BCUT2D eigenvalue weighted by molar-refractivity contribution is 4.73. The van der Waals surface area contributed by atoms with Crippen LogP contribution in [0.15, 0.2) is 0 Å². The van der Waals surface area contributed by atoms with Crippen LogP contribution in [0.5, 0.6) is 0 Å². The zero-order chi connectivity index (χ0) is 10.4. The van der Waals surface area contributed by atoms with Gasteiger partial charge in [-0.05, 0) is 32.2 Å². The molecule has 0 saturated heterocycles. The van der Waals surface area contributed by atoms with Crippen molar-refractivity contribution >= 4 is 0 Å². The summed E-state index contributed by atoms with van der Waals surface area (Å²) in [4.78, 5) is 2.47. The molecule has 14 heavy (non-hydrogen) atoms. The van der Waals surface area contributed by atoms with Gasteiger partial charge in [-0.1, -0.05) is 26.2 Å². The highest BCUT2D eigenvalue weighted by atomic mass is 15.1. The molecule has 1 unspecified atom stereocenters. The fraction of sp³-hybridized carbons (Fsp3) is 1.00. The van der Waals surface area contributed by atoms with Crippen LogP contribution in [0.3, 0.4) is 0 Å². The second kappa shape index (κ2) is 6.41. The Morgan fingerprint density at radius 3 is 2.43 bits per heavy atom. The summed E-state index contributed by atoms with van der Waals surface area (Å²) >= 11 is 0. The van der Waals surface area contributed by atoms with Gasteiger partial charge in [0.1, 0.15) is 0 Å². The van der Waals surface area contributed by atoms with Gasteiger partial charge in [-0.25, -0.2) is 0 Å². The van der Waals surface area contributed by atoms with Crippen molar-refractivity contribution in [2.24, 2.45) is 11.7 Å². The number of rotatable bonds is 5. The first kappa shape index (κ1) is 12.0. The summed E-state index contributed by atoms with van der Waals surface area (Å²) in [7, 11) is 2.23. The smallest absolute Gasteiger partial charge is 0.0212 e. The summed E-state index contributed by atoms with van der Waals surface area (Å²) in [5, 5.41) is 0. The lowest BCUT2D eigenvalue weighted by Gasteiger charge is -2.31. The molecule has 0 aliphatic heterocycles. The van der Waals surface area contributed by atoms with Crippen molar-refractivity contribution in [2.75, 3.05) is 20.1 Å². The van der Waals surface area contributed by atoms with E-state index in [9.17, 15) is 0 Å². The van der Waals surface area contributed by atoms with Crippen LogP contribution in [0.25, 0.3) is 0 Å². The molecule has 0 spiro atoms. The second-order valence-electron chi connectivity index (χ2n) is 4.74. The van der Waals surface area contributed by atoms with E-state index in [1.165, 1.54) is 45.1 Å². The van der Waals surface area contributed by atoms with Crippen LogP contribution in [0, 0.1) is 5.92 Å². The van der Waals surface area contributed by atoms with E-state index in [1.54, 1.807) is 0 Å². The lowest BCUT2D eigenvalue weighted by atomic mass is 9.88. The van der Waals surface area contributed by atoms with E-state index in [-0.39, 0.29) is 0 Å². The van der Waals surface area contributed by atoms with E-state index in [2.05, 4.69) is 18.9 Å². The van der Waals surface area contributed by atoms with Gasteiger partial charge in [-0.15, -0.1) is 0 Å². The van der Waals surface area contributed by atoms with Crippen LogP contribution in [-0.2, 0) is 0 Å². The molecule has 0 bridgehead atoms. The van der Waals surface area contributed by atoms with E-state index in [4.69, 9.17) is 5.73 Å². The molecule has 1 saturated carbocycles. The molecule has 0 heterocycles. The maximum absolute atomic E-state index is 5.75. The summed E-state index contributed by atoms with van der Waals surface area (Å²) in [6, 6.07) is 0.594. The number of nitrogens with zero attached hydrogens (tertiary/aromatic N) is 1. The van der Waals surface area contributed by atoms with Gasteiger partial charge in [0.2, 0.25) is 0 Å². The van der Waals surface area contributed by atoms with Gasteiger partial charge in [0, 0.05) is 19.1 Å². The topological polar surface area (TPSA) is 29.3 Å². The van der Waals surface area contributed by atoms with Crippen LogP contribution in [0.1, 0.15) is 45.4 Å². The van der Waals surface area contributed by atoms with Crippen LogP contribution in [-0.4, -0.2) is 31.1 Å². The predicted octanol–water partition coefficient (Wildman–Crippen LogP) is 2.24. The molecule has 1 aliphatic carbocycles. The molecule has 1 rings (SSSR count). The molecule has 2 N–H and O–H groups in total. The zero-order valence-electron chi connectivity index (χ0n) is 9.84. The molecular formula is C12H26N2. The quantitative estimate of drug-likeness (QED) is 0.734. The van der Waals surface area contributed by atoms with Crippen molar-refractivity contribution in [1.29, 1.82) is 0 Å². The van der Waals surface area contributed by atoms with Crippen molar-refractivity contribution in [3.8, 4) is 0 Å². The Kier molecular flexibility index (Phi) is 5.49. The fourth-order valence-corrected chi connectivity index (χ4v) is 2.58. The second-order valence-corrected chi connectivity index (χ2v) is 4.74. The molecule has 1 aliphatic rings. The summed E-state index contributed by atoms with van der Waals surface area (Å²) < 4.78 is 0. The molecule has 1 fully saturated rings. The van der Waals surface area contributed by atoms with Crippen molar-refractivity contribution in [3.05, 3.63) is 0 Å². The van der Waals surface area contributed by atoms with Gasteiger partial charge in [-0.2, -0.15) is 0 Å². The van der Waals surface area contributed by atoms with Crippen molar-refractivity contribution in [2.45, 2.75) is 51.5 Å². The minimum Gasteiger partial charge on any atom is -0.329 e. The van der Waals surface area contributed by atoms with Crippen molar-refractivity contribution in [1.82, 2.24) is 4.90 Å². The van der Waals surface area contributed by atoms with E-state index in [1.807, 2.05) is 0 Å². The third-order valence-corrected chi connectivity index (χ3v) is 3.64. The minimum atomic E-state index is 0.594. The first-order chi connectivity index (χ1) is 6.77. The van der Waals surface area contributed by atoms with Crippen molar-refractivity contribution in [3.63, 3.8) is 0 Å². The third-order valence-electron chi connectivity index (χ3n) is 3.64. The average molecular weight is 198 g/mol. The summed E-state index contributed by atoms with van der Waals surface area (Å²) in [6.07, 6.45) is 8.39. The van der Waals surface area contributed by atoms with Crippen LogP contribution < -0.4 is 5.73 Å². The van der Waals surface area contributed by atoms with E-state index < -0.39 is 0 Å². The van der Waals surface area contributed by atoms with Crippen LogP contribution >= 0.6 is 0 Å². The maximum atomic E-state index is 5.75. The highest BCUT2D eigenvalue weighted by Crippen LogP contribution is 2.24. The normalized spacial score (nSPS) is 21.4. The molecule has 0 radical (unpaired) electrons. The summed E-state index contributed by atoms with van der Waals surface area (Å²) in [6.45, 7) is 4.30. The van der Waals surface area contributed by atoms with Crippen molar-refractivity contribution < 1.29 is 0 Å². The monoisotopic (exact) mass is 198 g/mol. The standard InChI is InChI=1S/C12H26N2/c1-3-12(9-13)14(2)10-11-7-5-4-6-8-11/h11-12H,3-10,13H2,1-2H3. The van der Waals surface area contributed by atoms with Crippen LogP contribution in [0.4, 0.5) is 0 Å². The third kappa shape index (κ3) is 3.58. The Morgan fingerprint density at radius 1 is 1.29 bits per heavy atom. The molecule has 84 valence electrons. The molecule has 0 aromatic heterocycles. The molecular weight excluding hydrogens is 172 g/mol. The summed E-state index contributed by atoms with van der Waals surface area (Å²) in [5.74, 6) is 0.939. The van der Waals surface area contributed by atoms with Gasteiger partial charge in [0.05, 0.1) is 0 Å². The lowest BCUT2D eigenvalue weighted by Crippen LogP contribution is -2.40. The number of nitrogens with two attached hydrogens (primary N) is 1. The highest BCUT2D eigenvalue weighted by Gasteiger charge is 2.18. The van der Waals surface area contributed by atoms with Gasteiger partial charge < -0.3 is 10.6 Å². The van der Waals surface area contributed by atoms with Gasteiger partial charge in [0.15, 0.2) is 0 Å². The first-order valence-electron chi connectivity index (χ1n) is 6.18. The fourth-order valence-electron chi connectivity index (χ4n) is 2.58. The molecule has 2 heteroatoms. The Morgan fingerprint density at radius 2 is 1.93 bits per heavy atom. The SMILES string of the molecule is CCC(CN)N(C)CC1CCCCC1. The molecule has 0 aromatic carbocycles. The van der Waals surface area contributed by atoms with E-state index in [0.717, 1.165) is 12.5 Å². The van der Waals surface area contributed by atoms with Gasteiger partial charge in [-0.3, -0.25) is 0 Å². The Balaban J connectivity index is 2.26. The number of hydrogen-bond donors (Lipinski definition) is 1. The summed E-state index contributed by atoms with van der Waals surface area (Å²) in [5.41, 5.74) is 5.75. The average Bonchev–Trinajstić information content (AvgIpc) is 2.21. The maximum Gasteiger partial charge on any atom is 0.0212 e. The largest absolute Gasteiger partial charge is 0.329 e. The zero-order valence-corrected chi connectivity index (χ0v) is 9.84. The van der Waals surface area contributed by atoms with E-state index in [0.29, 0.717) is 6.04 Å². The molecule has 1 atom stereocenters. The first-order valence-corrected chi connectivity index (χ1v) is 6.18. The molecule has 2 nitrogen and oxygen atoms in total. The lowest BCUT2D eigenvalue weighted by molar-refractivity contribution is 0.181. The number of likely N-dealkylation sites (N-methyl/N-ethyl adjacent to an activating group) is 1. The van der Waals surface area contributed by atoms with E-state index >= 15 is 0 Å². The number of hydrogen-bond acceptors (Lipinski definition) is 2.